The van der Waals surface area contributed by atoms with Gasteiger partial charge in [-0.2, -0.15) is 13.2 Å². The van der Waals surface area contributed by atoms with Crippen molar-refractivity contribution >= 4 is 23.2 Å². The summed E-state index contributed by atoms with van der Waals surface area (Å²) in [6, 6.07) is 6.73. The van der Waals surface area contributed by atoms with Crippen LogP contribution in [0.2, 0.25) is 5.02 Å². The zero-order chi connectivity index (χ0) is 16.9. The fourth-order valence-corrected chi connectivity index (χ4v) is 2.07. The summed E-state index contributed by atoms with van der Waals surface area (Å²) >= 11 is 5.58. The smallest absolute Gasteiger partial charge is 0.418 e. The molecule has 0 unspecified atom stereocenters. The first-order chi connectivity index (χ1) is 10.9. The van der Waals surface area contributed by atoms with Gasteiger partial charge >= 0.3 is 6.18 Å². The van der Waals surface area contributed by atoms with E-state index in [0.29, 0.717) is 18.8 Å². The molecule has 0 saturated carbocycles. The van der Waals surface area contributed by atoms with Gasteiger partial charge < -0.3 is 15.1 Å². The lowest BCUT2D eigenvalue weighted by atomic mass is 10.1. The van der Waals surface area contributed by atoms with Crippen molar-refractivity contribution in [2.24, 2.45) is 0 Å². The van der Waals surface area contributed by atoms with Crippen LogP contribution in [0.3, 0.4) is 0 Å². The van der Waals surface area contributed by atoms with Gasteiger partial charge in [-0.3, -0.25) is 4.79 Å². The van der Waals surface area contributed by atoms with Crippen molar-refractivity contribution in [3.05, 3.63) is 52.9 Å². The Morgan fingerprint density at radius 2 is 2.04 bits per heavy atom. The molecule has 0 fully saturated rings. The normalized spacial score (nSPS) is 11.5. The number of furan rings is 1. The fraction of sp³-hybridized carbons (Fsp3) is 0.267. The average molecular weight is 347 g/mol. The molecule has 124 valence electrons. The van der Waals surface area contributed by atoms with E-state index in [1.165, 1.54) is 12.3 Å². The van der Waals surface area contributed by atoms with Crippen LogP contribution in [0.25, 0.3) is 0 Å². The van der Waals surface area contributed by atoms with Gasteiger partial charge in [0.1, 0.15) is 5.76 Å². The monoisotopic (exact) mass is 346 g/mol. The summed E-state index contributed by atoms with van der Waals surface area (Å²) in [6.07, 6.45) is -3.03. The van der Waals surface area contributed by atoms with Crippen molar-refractivity contribution in [3.8, 4) is 0 Å². The van der Waals surface area contributed by atoms with Crippen molar-refractivity contribution in [1.29, 1.82) is 0 Å². The summed E-state index contributed by atoms with van der Waals surface area (Å²) in [6.45, 7) is 0.747. The van der Waals surface area contributed by atoms with E-state index < -0.39 is 17.6 Å². The molecule has 4 nitrogen and oxygen atoms in total. The van der Waals surface area contributed by atoms with Gasteiger partial charge in [-0.1, -0.05) is 11.6 Å². The van der Waals surface area contributed by atoms with Crippen molar-refractivity contribution in [2.45, 2.75) is 19.1 Å². The minimum Gasteiger partial charge on any atom is -0.468 e. The Balaban J connectivity index is 1.87. The van der Waals surface area contributed by atoms with Crippen LogP contribution in [0.1, 0.15) is 17.7 Å². The number of nitrogens with one attached hydrogen (secondary N) is 2. The van der Waals surface area contributed by atoms with Gasteiger partial charge in [0.05, 0.1) is 24.1 Å². The summed E-state index contributed by atoms with van der Waals surface area (Å²) in [7, 11) is 0. The summed E-state index contributed by atoms with van der Waals surface area (Å²) < 4.78 is 43.8. The number of amides is 1. The summed E-state index contributed by atoms with van der Waals surface area (Å²) in [5, 5.41) is 5.17. The molecule has 0 spiro atoms. The highest BCUT2D eigenvalue weighted by Crippen LogP contribution is 2.36. The van der Waals surface area contributed by atoms with Gasteiger partial charge in [-0.15, -0.1) is 0 Å². The molecule has 23 heavy (non-hydrogen) atoms. The second-order valence-corrected chi connectivity index (χ2v) is 5.18. The zero-order valence-electron chi connectivity index (χ0n) is 11.9. The van der Waals surface area contributed by atoms with E-state index in [-0.39, 0.29) is 17.1 Å². The Morgan fingerprint density at radius 3 is 2.70 bits per heavy atom. The maximum absolute atomic E-state index is 12.9. The third-order valence-electron chi connectivity index (χ3n) is 2.97. The predicted molar refractivity (Wildman–Crippen MR) is 80.1 cm³/mol. The van der Waals surface area contributed by atoms with Crippen molar-refractivity contribution in [3.63, 3.8) is 0 Å². The molecule has 0 radical (unpaired) electrons. The van der Waals surface area contributed by atoms with E-state index in [0.717, 1.165) is 12.1 Å². The van der Waals surface area contributed by atoms with Crippen molar-refractivity contribution in [1.82, 2.24) is 5.32 Å². The van der Waals surface area contributed by atoms with Gasteiger partial charge in [0.15, 0.2) is 0 Å². The van der Waals surface area contributed by atoms with Crippen LogP contribution < -0.4 is 10.6 Å². The van der Waals surface area contributed by atoms with E-state index in [1.54, 1.807) is 12.1 Å². The van der Waals surface area contributed by atoms with Gasteiger partial charge in [-0.05, 0) is 30.3 Å². The largest absolute Gasteiger partial charge is 0.468 e. The molecule has 1 aromatic carbocycles. The number of rotatable bonds is 6. The molecule has 2 aromatic rings. The molecule has 0 aliphatic rings. The standard InChI is InChI=1S/C15H14ClF3N2O2/c16-10-3-4-13(12(8-10)15(17,18)19)21-14(22)5-6-20-9-11-2-1-7-23-11/h1-4,7-8,20H,5-6,9H2,(H,21,22). The molecule has 0 saturated heterocycles. The maximum atomic E-state index is 12.9. The lowest BCUT2D eigenvalue weighted by molar-refractivity contribution is -0.137. The minimum atomic E-state index is -4.59. The first-order valence-corrected chi connectivity index (χ1v) is 7.14. The molecule has 0 aliphatic heterocycles. The molecular weight excluding hydrogens is 333 g/mol. The van der Waals surface area contributed by atoms with Gasteiger partial charge in [0.25, 0.3) is 0 Å². The average Bonchev–Trinajstić information content (AvgIpc) is 2.98. The number of alkyl halides is 3. The van der Waals surface area contributed by atoms with Crippen LogP contribution >= 0.6 is 11.6 Å². The Hall–Kier alpha value is -1.99. The highest BCUT2D eigenvalue weighted by Gasteiger charge is 2.34. The van der Waals surface area contributed by atoms with Crippen LogP contribution in [0.4, 0.5) is 18.9 Å². The molecule has 2 rings (SSSR count). The molecule has 0 bridgehead atoms. The first-order valence-electron chi connectivity index (χ1n) is 6.76. The number of halogens is 4. The molecule has 0 aliphatic carbocycles. The van der Waals surface area contributed by atoms with Crippen LogP contribution in [0.5, 0.6) is 0 Å². The SMILES string of the molecule is O=C(CCNCc1ccco1)Nc1ccc(Cl)cc1C(F)(F)F. The van der Waals surface area contributed by atoms with Gasteiger partial charge in [0.2, 0.25) is 5.91 Å². The van der Waals surface area contributed by atoms with Crippen LogP contribution in [0.15, 0.2) is 41.0 Å². The van der Waals surface area contributed by atoms with Crippen LogP contribution in [-0.4, -0.2) is 12.5 Å². The topological polar surface area (TPSA) is 54.3 Å². The number of carbonyl (C=O) groups is 1. The Bertz CT molecular complexity index is 657. The fourth-order valence-electron chi connectivity index (χ4n) is 1.90. The number of hydrogen-bond donors (Lipinski definition) is 2. The molecule has 8 heteroatoms. The van der Waals surface area contributed by atoms with Crippen molar-refractivity contribution < 1.29 is 22.4 Å². The quantitative estimate of drug-likeness (QED) is 0.775. The first kappa shape index (κ1) is 17.4. The summed E-state index contributed by atoms with van der Waals surface area (Å²) in [4.78, 5) is 11.8. The number of carbonyl (C=O) groups excluding carboxylic acids is 1. The highest BCUT2D eigenvalue weighted by atomic mass is 35.5. The van der Waals surface area contributed by atoms with Crippen LogP contribution in [0, 0.1) is 0 Å². The molecule has 0 atom stereocenters. The zero-order valence-corrected chi connectivity index (χ0v) is 12.7. The summed E-state index contributed by atoms with van der Waals surface area (Å²) in [5.41, 5.74) is -1.28. The second kappa shape index (κ2) is 7.52. The lowest BCUT2D eigenvalue weighted by Gasteiger charge is -2.14. The third-order valence-corrected chi connectivity index (χ3v) is 3.20. The Kier molecular flexibility index (Phi) is 5.68. The Labute approximate surface area is 135 Å². The summed E-state index contributed by atoms with van der Waals surface area (Å²) in [5.74, 6) is 0.187. The third kappa shape index (κ3) is 5.30. The van der Waals surface area contributed by atoms with Crippen molar-refractivity contribution in [2.75, 3.05) is 11.9 Å². The molecule has 2 N–H and O–H groups in total. The lowest BCUT2D eigenvalue weighted by Crippen LogP contribution is -2.22. The second-order valence-electron chi connectivity index (χ2n) is 4.74. The van der Waals surface area contributed by atoms with E-state index in [9.17, 15) is 18.0 Å². The predicted octanol–water partition coefficient (Wildman–Crippen LogP) is 4.07. The van der Waals surface area contributed by atoms with Gasteiger partial charge in [-0.25, -0.2) is 0 Å². The number of anilines is 1. The minimum absolute atomic E-state index is 0.0284. The maximum Gasteiger partial charge on any atom is 0.418 e. The molecular formula is C15H14ClF3N2O2. The molecule has 1 heterocycles. The van der Waals surface area contributed by atoms with E-state index >= 15 is 0 Å². The number of hydrogen-bond acceptors (Lipinski definition) is 3. The van der Waals surface area contributed by atoms with E-state index in [2.05, 4.69) is 10.6 Å². The van der Waals surface area contributed by atoms with Gasteiger partial charge in [0, 0.05) is 18.0 Å². The molecule has 1 amide bonds. The molecule has 1 aromatic heterocycles. The highest BCUT2D eigenvalue weighted by molar-refractivity contribution is 6.30. The van der Waals surface area contributed by atoms with Crippen LogP contribution in [-0.2, 0) is 17.5 Å². The van der Waals surface area contributed by atoms with E-state index in [1.807, 2.05) is 0 Å². The number of benzene rings is 1. The Morgan fingerprint density at radius 1 is 1.26 bits per heavy atom. The van der Waals surface area contributed by atoms with E-state index in [4.69, 9.17) is 16.0 Å².